The number of aromatic nitrogens is 1. The first-order valence-electron chi connectivity index (χ1n) is 9.51. The van der Waals surface area contributed by atoms with Crippen LogP contribution in [0, 0.1) is 0 Å². The number of esters is 1. The van der Waals surface area contributed by atoms with E-state index in [4.69, 9.17) is 38.5 Å². The number of hydrogen-bond acceptors (Lipinski definition) is 11. The van der Waals surface area contributed by atoms with Crippen molar-refractivity contribution in [2.75, 3.05) is 18.1 Å². The molecule has 3 heterocycles. The molecule has 0 radical (unpaired) electrons. The van der Waals surface area contributed by atoms with Crippen LogP contribution in [-0.4, -0.2) is 73.8 Å². The largest absolute Gasteiger partial charge is 0.477 e. The van der Waals surface area contributed by atoms with Crippen LogP contribution in [0.5, 0.6) is 0 Å². The number of ether oxygens (including phenoxy) is 1. The summed E-state index contributed by atoms with van der Waals surface area (Å²) in [5, 5.41) is 14.9. The summed E-state index contributed by atoms with van der Waals surface area (Å²) in [6, 6.07) is -1.07. The summed E-state index contributed by atoms with van der Waals surface area (Å²) in [6.45, 7) is 4.41. The quantitative estimate of drug-likeness (QED) is 0.194. The predicted molar refractivity (Wildman–Crippen MR) is 125 cm³/mol. The molecule has 2 aliphatic heterocycles. The van der Waals surface area contributed by atoms with Gasteiger partial charge in [0.1, 0.15) is 32.7 Å². The van der Waals surface area contributed by atoms with Crippen molar-refractivity contribution in [1.82, 2.24) is 15.2 Å². The molecular weight excluding hydrogens is 533 g/mol. The average Bonchev–Trinajstić information content (AvgIpc) is 3.05. The lowest BCUT2D eigenvalue weighted by Crippen LogP contribution is -2.71. The minimum absolute atomic E-state index is 0.0226. The Morgan fingerprint density at radius 1 is 1.35 bits per heavy atom. The SMILES string of the molecule is CC(C)(C)OC(=O)CON=C(C(=O)NC1C(=O)N2C(C(=O)O)=C(Cl)CS[C@H]12)c1nc(N)sc1Cl. The van der Waals surface area contributed by atoms with E-state index >= 15 is 0 Å². The van der Waals surface area contributed by atoms with Crippen LogP contribution < -0.4 is 11.1 Å². The fourth-order valence-electron chi connectivity index (χ4n) is 2.97. The van der Waals surface area contributed by atoms with Crippen molar-refractivity contribution >= 4 is 80.9 Å². The van der Waals surface area contributed by atoms with Crippen molar-refractivity contribution in [1.29, 1.82) is 0 Å². The number of nitrogen functional groups attached to an aromatic ring is 1. The number of nitrogens with two attached hydrogens (primary N) is 1. The first kappa shape index (κ1) is 26.1. The van der Waals surface area contributed by atoms with Gasteiger partial charge in [-0.05, 0) is 20.8 Å². The van der Waals surface area contributed by atoms with Crippen LogP contribution in [0.3, 0.4) is 0 Å². The van der Waals surface area contributed by atoms with Crippen molar-refractivity contribution in [3.05, 3.63) is 20.8 Å². The normalized spacial score (nSPS) is 20.4. The number of carbonyl (C=O) groups is 4. The smallest absolute Gasteiger partial charge is 0.353 e. The second-order valence-corrected chi connectivity index (χ2v) is 11.1. The molecule has 1 aromatic heterocycles. The molecule has 184 valence electrons. The van der Waals surface area contributed by atoms with Gasteiger partial charge in [0.15, 0.2) is 10.8 Å². The summed E-state index contributed by atoms with van der Waals surface area (Å²) in [7, 11) is 0. The van der Waals surface area contributed by atoms with Gasteiger partial charge in [-0.15, -0.1) is 11.8 Å². The van der Waals surface area contributed by atoms with Gasteiger partial charge in [-0.1, -0.05) is 39.7 Å². The van der Waals surface area contributed by atoms with Gasteiger partial charge in [0, 0.05) is 5.75 Å². The van der Waals surface area contributed by atoms with Crippen LogP contribution in [0.2, 0.25) is 4.34 Å². The Morgan fingerprint density at radius 3 is 2.59 bits per heavy atom. The number of carboxylic acids is 1. The van der Waals surface area contributed by atoms with Crippen LogP contribution in [0.25, 0.3) is 0 Å². The van der Waals surface area contributed by atoms with Crippen molar-refractivity contribution in [3.63, 3.8) is 0 Å². The number of nitrogens with zero attached hydrogens (tertiary/aromatic N) is 3. The number of thioether (sulfide) groups is 1. The van der Waals surface area contributed by atoms with Crippen LogP contribution in [0.1, 0.15) is 26.5 Å². The van der Waals surface area contributed by atoms with E-state index < -0.39 is 53.1 Å². The number of aliphatic carboxylic acids is 1. The van der Waals surface area contributed by atoms with Crippen molar-refractivity contribution in [2.45, 2.75) is 37.8 Å². The zero-order valence-electron chi connectivity index (χ0n) is 18.0. The summed E-state index contributed by atoms with van der Waals surface area (Å²) in [5.41, 5.74) is 4.03. The highest BCUT2D eigenvalue weighted by molar-refractivity contribution is 8.00. The highest BCUT2D eigenvalue weighted by atomic mass is 35.5. The molecule has 1 saturated heterocycles. The Kier molecular flexibility index (Phi) is 7.65. The second kappa shape index (κ2) is 9.98. The average molecular weight is 552 g/mol. The standard InChI is InChI=1S/C18H19Cl2N5O7S2/c1-18(2,3)32-7(26)4-31-24-9(8-12(20)34-17(21)23-8)13(27)22-10-14(28)25-11(16(29)30)6(19)5-33-15(10)25/h10,15H,4-5H2,1-3H3,(H2,21,23)(H,22,27)(H,29,30)/t10?,15-/m1/s1. The zero-order chi connectivity index (χ0) is 25.4. The third-order valence-electron chi connectivity index (χ3n) is 4.21. The number of carbonyl (C=O) groups excluding carboxylic acids is 3. The highest BCUT2D eigenvalue weighted by Gasteiger charge is 2.54. The highest BCUT2D eigenvalue weighted by Crippen LogP contribution is 2.41. The number of hydrogen-bond donors (Lipinski definition) is 3. The van der Waals surface area contributed by atoms with E-state index in [0.717, 1.165) is 16.2 Å². The molecule has 2 atom stereocenters. The molecule has 12 nitrogen and oxygen atoms in total. The number of halogens is 2. The molecule has 16 heteroatoms. The number of nitrogens with one attached hydrogen (secondary N) is 1. The second-order valence-electron chi connectivity index (χ2n) is 7.89. The number of thiazole rings is 1. The molecule has 2 aliphatic rings. The molecule has 0 bridgehead atoms. The third kappa shape index (κ3) is 5.56. The lowest BCUT2D eigenvalue weighted by atomic mass is 10.0. The molecule has 1 aromatic rings. The van der Waals surface area contributed by atoms with Crippen LogP contribution in [-0.2, 0) is 28.8 Å². The van der Waals surface area contributed by atoms with Crippen molar-refractivity contribution in [2.24, 2.45) is 5.16 Å². The van der Waals surface area contributed by atoms with Gasteiger partial charge in [-0.2, -0.15) is 0 Å². The molecule has 3 rings (SSSR count). The number of fused-ring (bicyclic) bond motifs is 1. The lowest BCUT2D eigenvalue weighted by Gasteiger charge is -2.48. The molecule has 0 aromatic carbocycles. The van der Waals surface area contributed by atoms with Gasteiger partial charge in [-0.25, -0.2) is 14.6 Å². The van der Waals surface area contributed by atoms with E-state index in [1.807, 2.05) is 0 Å². The summed E-state index contributed by atoms with van der Waals surface area (Å²) >= 11 is 14.1. The summed E-state index contributed by atoms with van der Waals surface area (Å²) < 4.78 is 5.14. The molecular formula is C18H19Cl2N5O7S2. The Balaban J connectivity index is 1.78. The number of β-lactam (4-membered cyclic amide) rings is 1. The molecule has 2 amide bonds. The summed E-state index contributed by atoms with van der Waals surface area (Å²) in [6.07, 6.45) is 0. The van der Waals surface area contributed by atoms with Crippen molar-refractivity contribution < 1.29 is 33.9 Å². The van der Waals surface area contributed by atoms with Crippen LogP contribution >= 0.6 is 46.3 Å². The molecule has 0 aliphatic carbocycles. The van der Waals surface area contributed by atoms with Gasteiger partial charge in [0.05, 0.1) is 5.03 Å². The van der Waals surface area contributed by atoms with E-state index in [-0.39, 0.29) is 31.6 Å². The zero-order valence-corrected chi connectivity index (χ0v) is 21.1. The number of amides is 2. The van der Waals surface area contributed by atoms with Gasteiger partial charge in [0.25, 0.3) is 11.8 Å². The van der Waals surface area contributed by atoms with Crippen LogP contribution in [0.15, 0.2) is 15.9 Å². The number of oxime groups is 1. The minimum atomic E-state index is -1.35. The summed E-state index contributed by atoms with van der Waals surface area (Å²) in [4.78, 5) is 58.9. The molecule has 0 spiro atoms. The molecule has 1 unspecified atom stereocenters. The minimum Gasteiger partial charge on any atom is -0.477 e. The van der Waals surface area contributed by atoms with E-state index in [1.165, 1.54) is 11.8 Å². The number of carboxylic acid groups (broad SMARTS) is 1. The van der Waals surface area contributed by atoms with Gasteiger partial charge in [0.2, 0.25) is 6.61 Å². The van der Waals surface area contributed by atoms with Gasteiger partial charge < -0.3 is 25.7 Å². The fraction of sp³-hybridized carbons (Fsp3) is 0.444. The predicted octanol–water partition coefficient (Wildman–Crippen LogP) is 1.38. The Morgan fingerprint density at radius 2 is 2.03 bits per heavy atom. The van der Waals surface area contributed by atoms with E-state index in [0.29, 0.717) is 0 Å². The maximum atomic E-state index is 13.0. The lowest BCUT2D eigenvalue weighted by molar-refractivity contribution is -0.160. The topological polar surface area (TPSA) is 174 Å². The first-order valence-corrected chi connectivity index (χ1v) is 12.1. The fourth-order valence-corrected chi connectivity index (χ4v) is 5.45. The first-order chi connectivity index (χ1) is 15.8. The Bertz CT molecular complexity index is 1110. The molecule has 1 fully saturated rings. The number of rotatable bonds is 7. The maximum Gasteiger partial charge on any atom is 0.353 e. The van der Waals surface area contributed by atoms with Gasteiger partial charge in [-0.3, -0.25) is 14.5 Å². The molecule has 0 saturated carbocycles. The van der Waals surface area contributed by atoms with E-state index in [9.17, 15) is 24.3 Å². The Labute approximate surface area is 211 Å². The van der Waals surface area contributed by atoms with Gasteiger partial charge >= 0.3 is 11.9 Å². The van der Waals surface area contributed by atoms with Crippen LogP contribution in [0.4, 0.5) is 5.13 Å². The Hall–Kier alpha value is -2.55. The van der Waals surface area contributed by atoms with E-state index in [1.54, 1.807) is 20.8 Å². The third-order valence-corrected chi connectivity index (χ3v) is 7.05. The number of anilines is 1. The maximum absolute atomic E-state index is 13.0. The monoisotopic (exact) mass is 551 g/mol. The van der Waals surface area contributed by atoms with E-state index in [2.05, 4.69) is 15.5 Å². The summed E-state index contributed by atoms with van der Waals surface area (Å²) in [5.74, 6) is -3.49. The molecule has 34 heavy (non-hydrogen) atoms. The molecule has 4 N–H and O–H groups in total. The van der Waals surface area contributed by atoms with Crippen molar-refractivity contribution in [3.8, 4) is 0 Å².